The summed E-state index contributed by atoms with van der Waals surface area (Å²) < 4.78 is 46.6. The lowest BCUT2D eigenvalue weighted by Crippen LogP contribution is -2.33. The molecular weight excluding hydrogens is 476 g/mol. The molecule has 0 saturated carbocycles. The fourth-order valence-corrected chi connectivity index (χ4v) is 4.50. The van der Waals surface area contributed by atoms with Crippen molar-refractivity contribution in [1.29, 1.82) is 0 Å². The third-order valence-corrected chi connectivity index (χ3v) is 6.91. The molecule has 4 heterocycles. The van der Waals surface area contributed by atoms with Crippen LogP contribution >= 0.6 is 0 Å². The van der Waals surface area contributed by atoms with Gasteiger partial charge in [-0.1, -0.05) is 11.2 Å². The standard InChI is InChI=1S/C21H24N8O5S/c1-13-10-23-17(11-22-13)19(33-4)14(2)35(30,31)28-21-27-26-20(16-6-5-7-18(25-16)32-3)29(21)12-15-8-9-24-34-15/h5-11,14,19H,12H2,1-4H3,(H,27,28). The van der Waals surface area contributed by atoms with Crippen LogP contribution in [0, 0.1) is 6.92 Å². The number of aryl methyl sites for hydroxylation is 1. The maximum atomic E-state index is 13.3. The summed E-state index contributed by atoms with van der Waals surface area (Å²) in [7, 11) is -1.11. The Labute approximate surface area is 201 Å². The molecule has 13 nitrogen and oxygen atoms in total. The van der Waals surface area contributed by atoms with Gasteiger partial charge in [0, 0.05) is 25.4 Å². The number of ether oxygens (including phenoxy) is 2. The lowest BCUT2D eigenvalue weighted by Gasteiger charge is -2.22. The Balaban J connectivity index is 1.69. The number of anilines is 1. The van der Waals surface area contributed by atoms with Crippen molar-refractivity contribution in [2.24, 2.45) is 0 Å². The van der Waals surface area contributed by atoms with Crippen molar-refractivity contribution in [2.45, 2.75) is 31.7 Å². The molecule has 0 aliphatic rings. The first-order valence-corrected chi connectivity index (χ1v) is 12.0. The van der Waals surface area contributed by atoms with Crippen LogP contribution < -0.4 is 9.46 Å². The van der Waals surface area contributed by atoms with Crippen LogP contribution in [-0.4, -0.2) is 62.8 Å². The van der Waals surface area contributed by atoms with Gasteiger partial charge in [0.15, 0.2) is 11.6 Å². The first kappa shape index (κ1) is 24.2. The molecule has 14 heteroatoms. The quantitative estimate of drug-likeness (QED) is 0.339. The summed E-state index contributed by atoms with van der Waals surface area (Å²) in [6.45, 7) is 3.40. The second kappa shape index (κ2) is 10.1. The molecule has 2 unspecified atom stereocenters. The summed E-state index contributed by atoms with van der Waals surface area (Å²) in [4.78, 5) is 12.8. The van der Waals surface area contributed by atoms with E-state index in [1.54, 1.807) is 37.4 Å². The third-order valence-electron chi connectivity index (χ3n) is 5.21. The molecule has 1 N–H and O–H groups in total. The van der Waals surface area contributed by atoms with Crippen LogP contribution in [0.5, 0.6) is 5.88 Å². The highest BCUT2D eigenvalue weighted by molar-refractivity contribution is 7.93. The van der Waals surface area contributed by atoms with Gasteiger partial charge in [-0.3, -0.25) is 19.3 Å². The van der Waals surface area contributed by atoms with Crippen LogP contribution in [0.3, 0.4) is 0 Å². The molecular formula is C21H24N8O5S. The van der Waals surface area contributed by atoms with Crippen LogP contribution in [-0.2, 0) is 21.3 Å². The molecule has 4 aromatic heterocycles. The predicted octanol–water partition coefficient (Wildman–Crippen LogP) is 2.00. The average molecular weight is 501 g/mol. The summed E-state index contributed by atoms with van der Waals surface area (Å²) in [5.74, 6) is 1.11. The third kappa shape index (κ3) is 5.27. The highest BCUT2D eigenvalue weighted by atomic mass is 32.2. The number of sulfonamides is 1. The number of rotatable bonds is 10. The van der Waals surface area contributed by atoms with E-state index in [-0.39, 0.29) is 12.5 Å². The summed E-state index contributed by atoms with van der Waals surface area (Å²) in [6, 6.07) is 6.79. The van der Waals surface area contributed by atoms with Gasteiger partial charge < -0.3 is 14.0 Å². The van der Waals surface area contributed by atoms with Crippen LogP contribution in [0.2, 0.25) is 0 Å². The van der Waals surface area contributed by atoms with Gasteiger partial charge in [0.25, 0.3) is 0 Å². The first-order chi connectivity index (χ1) is 16.8. The zero-order valence-corrected chi connectivity index (χ0v) is 20.3. The molecule has 2 atom stereocenters. The molecule has 0 bridgehead atoms. The van der Waals surface area contributed by atoms with Crippen molar-refractivity contribution in [3.8, 4) is 17.4 Å². The van der Waals surface area contributed by atoms with Gasteiger partial charge in [0.2, 0.25) is 21.9 Å². The summed E-state index contributed by atoms with van der Waals surface area (Å²) in [5, 5.41) is 10.9. The lowest BCUT2D eigenvalue weighted by molar-refractivity contribution is 0.0985. The molecule has 4 rings (SSSR count). The summed E-state index contributed by atoms with van der Waals surface area (Å²) >= 11 is 0. The van der Waals surface area contributed by atoms with E-state index in [4.69, 9.17) is 14.0 Å². The number of nitrogens with one attached hydrogen (secondary N) is 1. The minimum atomic E-state index is -4.02. The van der Waals surface area contributed by atoms with Crippen LogP contribution in [0.1, 0.15) is 30.2 Å². The highest BCUT2D eigenvalue weighted by Gasteiger charge is 2.33. The highest BCUT2D eigenvalue weighted by Crippen LogP contribution is 2.27. The Bertz CT molecular complexity index is 1370. The molecule has 4 aromatic rings. The number of methoxy groups -OCH3 is 2. The van der Waals surface area contributed by atoms with Gasteiger partial charge >= 0.3 is 0 Å². The monoisotopic (exact) mass is 500 g/mol. The topological polar surface area (TPSA) is 160 Å². The second-order valence-electron chi connectivity index (χ2n) is 7.57. The SMILES string of the molecule is COc1cccc(-c2nnc(NS(=O)(=O)C(C)C(OC)c3cnc(C)cn3)n2Cc2ccno2)n1. The van der Waals surface area contributed by atoms with Crippen molar-refractivity contribution in [2.75, 3.05) is 18.9 Å². The Kier molecular flexibility index (Phi) is 7.02. The van der Waals surface area contributed by atoms with E-state index in [1.807, 2.05) is 0 Å². The summed E-state index contributed by atoms with van der Waals surface area (Å²) in [5.41, 5.74) is 1.52. The smallest absolute Gasteiger partial charge is 0.240 e. The van der Waals surface area contributed by atoms with Gasteiger partial charge in [0.1, 0.15) is 17.0 Å². The van der Waals surface area contributed by atoms with Crippen molar-refractivity contribution in [1.82, 2.24) is 34.9 Å². The molecule has 0 radical (unpaired) electrons. The van der Waals surface area contributed by atoms with Crippen molar-refractivity contribution >= 4 is 16.0 Å². The maximum absolute atomic E-state index is 13.3. The average Bonchev–Trinajstić information content (AvgIpc) is 3.51. The Morgan fingerprint density at radius 1 is 1.14 bits per heavy atom. The number of aromatic nitrogens is 7. The Hall–Kier alpha value is -3.91. The minimum Gasteiger partial charge on any atom is -0.481 e. The number of hydrogen-bond donors (Lipinski definition) is 1. The molecule has 0 aliphatic heterocycles. The molecule has 0 aromatic carbocycles. The Morgan fingerprint density at radius 3 is 2.63 bits per heavy atom. The van der Waals surface area contributed by atoms with Crippen molar-refractivity contribution in [3.63, 3.8) is 0 Å². The number of nitrogens with zero attached hydrogens (tertiary/aromatic N) is 7. The lowest BCUT2D eigenvalue weighted by atomic mass is 10.2. The molecule has 0 fully saturated rings. The summed E-state index contributed by atoms with van der Waals surface area (Å²) in [6.07, 6.45) is 3.66. The fraction of sp³-hybridized carbons (Fsp3) is 0.333. The minimum absolute atomic E-state index is 0.0299. The van der Waals surface area contributed by atoms with Gasteiger partial charge in [0.05, 0.1) is 37.4 Å². The van der Waals surface area contributed by atoms with E-state index in [0.717, 1.165) is 0 Å². The van der Waals surface area contributed by atoms with Crippen LogP contribution in [0.25, 0.3) is 11.5 Å². The normalized spacial score (nSPS) is 13.4. The number of hydrogen-bond acceptors (Lipinski definition) is 11. The van der Waals surface area contributed by atoms with Gasteiger partial charge in [-0.25, -0.2) is 13.4 Å². The maximum Gasteiger partial charge on any atom is 0.240 e. The zero-order chi connectivity index (χ0) is 25.0. The molecule has 0 amide bonds. The molecule has 0 spiro atoms. The van der Waals surface area contributed by atoms with E-state index >= 15 is 0 Å². The van der Waals surface area contributed by atoms with Crippen molar-refractivity contribution in [3.05, 3.63) is 60.0 Å². The molecule has 0 aliphatic carbocycles. The van der Waals surface area contributed by atoms with Gasteiger partial charge in [-0.2, -0.15) is 0 Å². The largest absolute Gasteiger partial charge is 0.481 e. The molecule has 184 valence electrons. The molecule has 35 heavy (non-hydrogen) atoms. The van der Waals surface area contributed by atoms with Crippen molar-refractivity contribution < 1.29 is 22.4 Å². The van der Waals surface area contributed by atoms with E-state index in [1.165, 1.54) is 38.1 Å². The van der Waals surface area contributed by atoms with Gasteiger partial charge in [-0.05, 0) is 19.9 Å². The van der Waals surface area contributed by atoms with E-state index in [9.17, 15) is 8.42 Å². The first-order valence-electron chi connectivity index (χ1n) is 10.5. The number of pyridine rings is 1. The predicted molar refractivity (Wildman–Crippen MR) is 124 cm³/mol. The molecule has 0 saturated heterocycles. The fourth-order valence-electron chi connectivity index (χ4n) is 3.34. The Morgan fingerprint density at radius 2 is 1.97 bits per heavy atom. The van der Waals surface area contributed by atoms with E-state index in [0.29, 0.717) is 34.5 Å². The van der Waals surface area contributed by atoms with E-state index < -0.39 is 21.4 Å². The van der Waals surface area contributed by atoms with E-state index in [2.05, 4.69) is 35.0 Å². The van der Waals surface area contributed by atoms with Crippen LogP contribution in [0.15, 0.2) is 47.4 Å². The van der Waals surface area contributed by atoms with Crippen LogP contribution in [0.4, 0.5) is 5.95 Å². The second-order valence-corrected chi connectivity index (χ2v) is 9.61. The van der Waals surface area contributed by atoms with Gasteiger partial charge in [-0.15, -0.1) is 10.2 Å². The zero-order valence-electron chi connectivity index (χ0n) is 19.5.